The molecule has 1 saturated heterocycles. The predicted molar refractivity (Wildman–Crippen MR) is 194 cm³/mol. The summed E-state index contributed by atoms with van der Waals surface area (Å²) in [4.78, 5) is 39.7. The number of β-amino-alcohol motifs (C(OH)–C–C–N with tert-alkyl or cyclic N) is 1. The summed E-state index contributed by atoms with van der Waals surface area (Å²) in [6, 6.07) is 7.74. The summed E-state index contributed by atoms with van der Waals surface area (Å²) in [5.41, 5.74) is 2.78. The molecule has 3 aromatic rings. The minimum absolute atomic E-state index is 0.0173. The van der Waals surface area contributed by atoms with Gasteiger partial charge in [0.25, 0.3) is 0 Å². The highest BCUT2D eigenvalue weighted by molar-refractivity contribution is 6.31. The zero-order valence-corrected chi connectivity index (χ0v) is 31.1. The van der Waals surface area contributed by atoms with Gasteiger partial charge in [-0.1, -0.05) is 12.1 Å². The first kappa shape index (κ1) is 41.5. The molecule has 1 fully saturated rings. The Labute approximate surface area is 316 Å². The number of phenols is 4. The quantitative estimate of drug-likeness (QED) is 0.114. The third-order valence-corrected chi connectivity index (χ3v) is 9.94. The van der Waals surface area contributed by atoms with E-state index in [1.54, 1.807) is 6.92 Å². The van der Waals surface area contributed by atoms with Crippen LogP contribution in [0.1, 0.15) is 101 Å². The lowest BCUT2D eigenvalue weighted by molar-refractivity contribution is -0.247. The van der Waals surface area contributed by atoms with Crippen LogP contribution in [0.15, 0.2) is 36.4 Å². The van der Waals surface area contributed by atoms with Crippen molar-refractivity contribution in [3.8, 4) is 28.7 Å². The lowest BCUT2D eigenvalue weighted by Gasteiger charge is -2.42. The summed E-state index contributed by atoms with van der Waals surface area (Å²) >= 11 is 0. The monoisotopic (exact) mass is 768 g/mol. The molecule has 1 unspecified atom stereocenters. The number of rotatable bonds is 8. The van der Waals surface area contributed by atoms with Crippen molar-refractivity contribution < 1.29 is 69.4 Å². The van der Waals surface area contributed by atoms with E-state index in [1.807, 2.05) is 20.8 Å². The molecule has 7 atom stereocenters. The molecule has 0 amide bonds. The van der Waals surface area contributed by atoms with Gasteiger partial charge in [-0.2, -0.15) is 0 Å². The molecule has 11 N–H and O–H groups in total. The Morgan fingerprint density at radius 3 is 2.25 bits per heavy atom. The van der Waals surface area contributed by atoms with Gasteiger partial charge in [-0.05, 0) is 51.5 Å². The van der Waals surface area contributed by atoms with Crippen LogP contribution in [0, 0.1) is 0 Å². The van der Waals surface area contributed by atoms with E-state index in [-0.39, 0.29) is 51.5 Å². The summed E-state index contributed by atoms with van der Waals surface area (Å²) in [6.45, 7) is 6.93. The molecule has 3 aliphatic rings. The highest BCUT2D eigenvalue weighted by Gasteiger charge is 2.50. The molecule has 298 valence electrons. The van der Waals surface area contributed by atoms with Crippen molar-refractivity contribution in [2.75, 3.05) is 20.3 Å². The first-order valence-corrected chi connectivity index (χ1v) is 17.6. The lowest BCUT2D eigenvalue weighted by Crippen LogP contribution is -2.53. The van der Waals surface area contributed by atoms with Crippen LogP contribution in [-0.2, 0) is 20.7 Å². The number of aliphatic hydroxyl groups is 4. The smallest absolute Gasteiger partial charge is 0.202 e. The Kier molecular flexibility index (Phi) is 12.0. The number of benzene rings is 3. The third-order valence-electron chi connectivity index (χ3n) is 9.94. The van der Waals surface area contributed by atoms with E-state index < -0.39 is 102 Å². The van der Waals surface area contributed by atoms with Gasteiger partial charge in [-0.15, -0.1) is 0 Å². The molecule has 0 radical (unpaired) electrons. The van der Waals surface area contributed by atoms with Crippen LogP contribution in [0.25, 0.3) is 0 Å². The minimum Gasteiger partial charge on any atom is -0.508 e. The number of aromatic hydroxyl groups is 4. The second kappa shape index (κ2) is 15.8. The maximum absolute atomic E-state index is 13.6. The largest absolute Gasteiger partial charge is 0.508 e. The van der Waals surface area contributed by atoms with Crippen LogP contribution in [0.3, 0.4) is 0 Å². The molecule has 0 bridgehead atoms. The number of ketones is 3. The van der Waals surface area contributed by atoms with Crippen LogP contribution < -0.4 is 15.8 Å². The molecule has 0 spiro atoms. The maximum Gasteiger partial charge on any atom is 0.202 e. The molecule has 3 aromatic carbocycles. The van der Waals surface area contributed by atoms with Crippen molar-refractivity contribution in [1.29, 1.82) is 0 Å². The molecule has 0 saturated carbocycles. The number of hydrogen-bond acceptors (Lipinski definition) is 16. The Morgan fingerprint density at radius 1 is 1.04 bits per heavy atom. The molecule has 2 aliphatic carbocycles. The Hall–Kier alpha value is -4.65. The summed E-state index contributed by atoms with van der Waals surface area (Å²) in [5, 5.41) is 85.2. The number of methoxy groups -OCH3 is 1. The molecule has 0 aromatic heterocycles. The van der Waals surface area contributed by atoms with Crippen LogP contribution in [0.2, 0.25) is 0 Å². The van der Waals surface area contributed by atoms with Gasteiger partial charge in [0.15, 0.2) is 17.9 Å². The van der Waals surface area contributed by atoms with Gasteiger partial charge in [0.05, 0.1) is 48.2 Å². The molecule has 1 aliphatic heterocycles. The van der Waals surface area contributed by atoms with E-state index in [4.69, 9.17) is 19.9 Å². The Morgan fingerprint density at radius 2 is 1.67 bits per heavy atom. The molecular weight excluding hydrogens is 720 g/mol. The number of carbonyl (C=O) groups is 3. The van der Waals surface area contributed by atoms with Crippen molar-refractivity contribution in [3.05, 3.63) is 75.3 Å². The maximum atomic E-state index is 13.6. The zero-order valence-electron chi connectivity index (χ0n) is 31.1. The van der Waals surface area contributed by atoms with Crippen LogP contribution in [-0.4, -0.2) is 114 Å². The fraction of sp³-hybridized carbons (Fsp3) is 0.462. The summed E-state index contributed by atoms with van der Waals surface area (Å²) < 4.78 is 17.0. The average molecular weight is 769 g/mol. The summed E-state index contributed by atoms with van der Waals surface area (Å²) in [7, 11) is 1.32. The number of Topliss-reactive ketones (excluding diaryl/α,β-unsaturated/α-hetero) is 1. The van der Waals surface area contributed by atoms with Crippen LogP contribution in [0.4, 0.5) is 0 Å². The fourth-order valence-corrected chi connectivity index (χ4v) is 7.08. The number of ether oxygens (including phenoxy) is 3. The van der Waals surface area contributed by atoms with Crippen molar-refractivity contribution in [2.45, 2.75) is 94.8 Å². The number of carbonyl (C=O) groups excluding carboxylic acids is 3. The highest BCUT2D eigenvalue weighted by Crippen LogP contribution is 2.52. The average Bonchev–Trinajstić information content (AvgIpc) is 3.11. The number of hydrogen-bond donors (Lipinski definition) is 10. The van der Waals surface area contributed by atoms with E-state index in [0.717, 1.165) is 0 Å². The van der Waals surface area contributed by atoms with Crippen molar-refractivity contribution in [1.82, 2.24) is 5.32 Å². The minimum atomic E-state index is -2.24. The number of nitrogens with one attached hydrogen (secondary N) is 1. The van der Waals surface area contributed by atoms with E-state index >= 15 is 0 Å². The number of aliphatic hydroxyl groups excluding tert-OH is 3. The van der Waals surface area contributed by atoms with Gasteiger partial charge >= 0.3 is 0 Å². The Balaban J connectivity index is 0.000000305. The normalized spacial score (nSPS) is 25.2. The molecule has 16 nitrogen and oxygen atoms in total. The standard InChI is InChI=1S/C27H29NO11.C12H19NO3/c1-10-22(31)13(28)6-17(38-10)39-15-8-27(36,16(30)9-29)7-12-19(15)26(35)21-20(24(12)33)23(32)11-4-3-5-14(37-2)18(11)25(21)34;1-12(2,3)13-7-11(16)8-4-9(14)6-10(15)5-8/h3-5,10,13,15,17,22,29,31,33,35-36H,6-9,28H2,1-2H3;4-6,11,13-16H,7H2,1-3H3/t10-,13-,15-,17-,22+,27-;/m0./s1. The topological polar surface area (TPSA) is 279 Å². The van der Waals surface area contributed by atoms with Gasteiger partial charge in [-0.25, -0.2) is 0 Å². The molecular formula is C39H48N2O14. The van der Waals surface area contributed by atoms with Crippen LogP contribution in [0.5, 0.6) is 28.7 Å². The van der Waals surface area contributed by atoms with Crippen LogP contribution >= 0.6 is 0 Å². The van der Waals surface area contributed by atoms with E-state index in [2.05, 4.69) is 5.32 Å². The van der Waals surface area contributed by atoms with Gasteiger partial charge in [0.2, 0.25) is 5.78 Å². The second-order valence-corrected chi connectivity index (χ2v) is 15.1. The second-order valence-electron chi connectivity index (χ2n) is 15.1. The highest BCUT2D eigenvalue weighted by atomic mass is 16.7. The fourth-order valence-electron chi connectivity index (χ4n) is 7.08. The molecule has 55 heavy (non-hydrogen) atoms. The van der Waals surface area contributed by atoms with E-state index in [9.17, 15) is 55.2 Å². The van der Waals surface area contributed by atoms with Gasteiger partial charge in [0, 0.05) is 60.1 Å². The van der Waals surface area contributed by atoms with E-state index in [0.29, 0.717) is 12.1 Å². The lowest BCUT2D eigenvalue weighted by atomic mass is 9.72. The molecule has 16 heteroatoms. The zero-order chi connectivity index (χ0) is 40.7. The summed E-state index contributed by atoms with van der Waals surface area (Å²) in [6.07, 6.45) is -5.88. The van der Waals surface area contributed by atoms with E-state index in [1.165, 1.54) is 43.5 Å². The predicted octanol–water partition coefficient (Wildman–Crippen LogP) is 1.52. The number of fused-ring (bicyclic) bond motifs is 3. The molecule has 6 rings (SSSR count). The first-order chi connectivity index (χ1) is 25.7. The number of nitrogens with two attached hydrogens (primary N) is 1. The van der Waals surface area contributed by atoms with Crippen molar-refractivity contribution >= 4 is 17.3 Å². The number of phenolic OH excluding ortho intramolecular Hbond substituents is 4. The van der Waals surface area contributed by atoms with Gasteiger partial charge < -0.3 is 66.1 Å². The van der Waals surface area contributed by atoms with Gasteiger partial charge in [-0.3, -0.25) is 14.4 Å². The van der Waals surface area contributed by atoms with Gasteiger partial charge in [0.1, 0.15) is 41.0 Å². The third kappa shape index (κ3) is 8.32. The van der Waals surface area contributed by atoms with Crippen molar-refractivity contribution in [2.24, 2.45) is 5.73 Å². The summed E-state index contributed by atoms with van der Waals surface area (Å²) in [5.74, 6) is -3.88. The first-order valence-electron chi connectivity index (χ1n) is 17.6. The molecule has 1 heterocycles. The Bertz CT molecular complexity index is 1940. The SMILES string of the molecule is CC(C)(C)NCC(O)c1cc(O)cc(O)c1.COc1cccc2c1C(=O)c1c(O)c3c(c(O)c1C2=O)C[C@@](O)(C(=O)CO)C[C@@H]3O[C@H]1C[C@H](N)[C@H](O)[C@H](C)O1. The van der Waals surface area contributed by atoms with Crippen molar-refractivity contribution in [3.63, 3.8) is 0 Å².